The highest BCUT2D eigenvalue weighted by Crippen LogP contribution is 2.05. The molecule has 0 saturated heterocycles. The zero-order valence-electron chi connectivity index (χ0n) is 13.8. The lowest BCUT2D eigenvalue weighted by molar-refractivity contribution is -0.146. The second-order valence-corrected chi connectivity index (χ2v) is 5.42. The lowest BCUT2D eigenvalue weighted by atomic mass is 10.1. The van der Waals surface area contributed by atoms with Gasteiger partial charge in [0.15, 0.2) is 0 Å². The molecule has 0 rings (SSSR count). The Morgan fingerprint density at radius 1 is 0.619 bits per heavy atom. The molecule has 0 aromatic heterocycles. The SMILES string of the molecule is CCCCCCC(=O)OCCCOC(=O)CCCCCC. The molecule has 0 heterocycles. The van der Waals surface area contributed by atoms with Crippen molar-refractivity contribution in [2.75, 3.05) is 13.2 Å². The van der Waals surface area contributed by atoms with Gasteiger partial charge in [0.1, 0.15) is 0 Å². The van der Waals surface area contributed by atoms with Crippen LogP contribution in [0.25, 0.3) is 0 Å². The summed E-state index contributed by atoms with van der Waals surface area (Å²) in [6, 6.07) is 0. The van der Waals surface area contributed by atoms with Gasteiger partial charge < -0.3 is 9.47 Å². The van der Waals surface area contributed by atoms with Gasteiger partial charge in [0.05, 0.1) is 13.2 Å². The fourth-order valence-electron chi connectivity index (χ4n) is 1.97. The average molecular weight is 300 g/mol. The van der Waals surface area contributed by atoms with E-state index in [0.29, 0.717) is 32.5 Å². The zero-order valence-corrected chi connectivity index (χ0v) is 13.8. The molecule has 0 amide bonds. The second-order valence-electron chi connectivity index (χ2n) is 5.42. The lowest BCUT2D eigenvalue weighted by Gasteiger charge is -2.06. The van der Waals surface area contributed by atoms with E-state index in [9.17, 15) is 9.59 Å². The molecule has 0 N–H and O–H groups in total. The molecule has 0 bridgehead atoms. The predicted octanol–water partition coefficient (Wildman–Crippen LogP) is 4.40. The first-order chi connectivity index (χ1) is 10.2. The van der Waals surface area contributed by atoms with Crippen LogP contribution in [0.1, 0.15) is 84.5 Å². The van der Waals surface area contributed by atoms with Gasteiger partial charge in [0, 0.05) is 19.3 Å². The normalized spacial score (nSPS) is 10.4. The van der Waals surface area contributed by atoms with Crippen molar-refractivity contribution in [3.63, 3.8) is 0 Å². The standard InChI is InChI=1S/C17H32O4/c1-3-5-7-9-12-16(18)20-14-11-15-21-17(19)13-10-8-6-4-2/h3-15H2,1-2H3. The maximum absolute atomic E-state index is 11.4. The summed E-state index contributed by atoms with van der Waals surface area (Å²) in [7, 11) is 0. The van der Waals surface area contributed by atoms with Crippen molar-refractivity contribution in [3.8, 4) is 0 Å². The summed E-state index contributed by atoms with van der Waals surface area (Å²) in [6.45, 7) is 4.97. The maximum atomic E-state index is 11.4. The third kappa shape index (κ3) is 15.2. The van der Waals surface area contributed by atoms with Crippen molar-refractivity contribution in [3.05, 3.63) is 0 Å². The molecule has 0 spiro atoms. The zero-order chi connectivity index (χ0) is 15.8. The van der Waals surface area contributed by atoms with E-state index in [-0.39, 0.29) is 11.9 Å². The predicted molar refractivity (Wildman–Crippen MR) is 84.1 cm³/mol. The van der Waals surface area contributed by atoms with E-state index in [0.717, 1.165) is 25.7 Å². The van der Waals surface area contributed by atoms with E-state index in [4.69, 9.17) is 9.47 Å². The number of esters is 2. The van der Waals surface area contributed by atoms with Crippen molar-refractivity contribution in [2.24, 2.45) is 0 Å². The summed E-state index contributed by atoms with van der Waals surface area (Å²) in [5, 5.41) is 0. The summed E-state index contributed by atoms with van der Waals surface area (Å²) in [6.07, 6.45) is 10.2. The number of carbonyl (C=O) groups excluding carboxylic acids is 2. The molecule has 0 aliphatic carbocycles. The van der Waals surface area contributed by atoms with Crippen molar-refractivity contribution in [1.29, 1.82) is 0 Å². The monoisotopic (exact) mass is 300 g/mol. The Hall–Kier alpha value is -1.06. The summed E-state index contributed by atoms with van der Waals surface area (Å²) in [5.74, 6) is -0.283. The van der Waals surface area contributed by atoms with Gasteiger partial charge >= 0.3 is 11.9 Å². The Kier molecular flexibility index (Phi) is 14.6. The molecular weight excluding hydrogens is 268 g/mol. The van der Waals surface area contributed by atoms with Crippen LogP contribution in [0, 0.1) is 0 Å². The Bertz CT molecular complexity index is 238. The molecular formula is C17H32O4. The van der Waals surface area contributed by atoms with E-state index in [2.05, 4.69) is 13.8 Å². The maximum Gasteiger partial charge on any atom is 0.305 e. The van der Waals surface area contributed by atoms with Gasteiger partial charge in [-0.3, -0.25) is 9.59 Å². The molecule has 0 fully saturated rings. The largest absolute Gasteiger partial charge is 0.466 e. The van der Waals surface area contributed by atoms with Crippen LogP contribution in [0.15, 0.2) is 0 Å². The lowest BCUT2D eigenvalue weighted by Crippen LogP contribution is -2.10. The minimum Gasteiger partial charge on any atom is -0.466 e. The minimum absolute atomic E-state index is 0.142. The number of unbranched alkanes of at least 4 members (excludes halogenated alkanes) is 6. The van der Waals surface area contributed by atoms with Gasteiger partial charge in [-0.2, -0.15) is 0 Å². The van der Waals surface area contributed by atoms with E-state index in [1.165, 1.54) is 25.7 Å². The Morgan fingerprint density at radius 3 is 1.43 bits per heavy atom. The van der Waals surface area contributed by atoms with Gasteiger partial charge in [-0.25, -0.2) is 0 Å². The van der Waals surface area contributed by atoms with Crippen molar-refractivity contribution in [1.82, 2.24) is 0 Å². The molecule has 0 aliphatic rings. The van der Waals surface area contributed by atoms with Crippen LogP contribution in [0.4, 0.5) is 0 Å². The topological polar surface area (TPSA) is 52.6 Å². The Labute approximate surface area is 129 Å². The molecule has 4 nitrogen and oxygen atoms in total. The van der Waals surface area contributed by atoms with Crippen LogP contribution < -0.4 is 0 Å². The minimum atomic E-state index is -0.142. The number of rotatable bonds is 14. The van der Waals surface area contributed by atoms with Gasteiger partial charge in [-0.05, 0) is 12.8 Å². The highest BCUT2D eigenvalue weighted by molar-refractivity contribution is 5.69. The van der Waals surface area contributed by atoms with Gasteiger partial charge in [0.25, 0.3) is 0 Å². The molecule has 0 atom stereocenters. The quantitative estimate of drug-likeness (QED) is 0.352. The molecule has 21 heavy (non-hydrogen) atoms. The average Bonchev–Trinajstić information content (AvgIpc) is 2.48. The highest BCUT2D eigenvalue weighted by Gasteiger charge is 2.04. The van der Waals surface area contributed by atoms with Crippen molar-refractivity contribution < 1.29 is 19.1 Å². The van der Waals surface area contributed by atoms with Crippen molar-refractivity contribution in [2.45, 2.75) is 84.5 Å². The fourth-order valence-corrected chi connectivity index (χ4v) is 1.97. The van der Waals surface area contributed by atoms with E-state index >= 15 is 0 Å². The van der Waals surface area contributed by atoms with Crippen LogP contribution in [0.3, 0.4) is 0 Å². The molecule has 4 heteroatoms. The fraction of sp³-hybridized carbons (Fsp3) is 0.882. The summed E-state index contributed by atoms with van der Waals surface area (Å²) in [4.78, 5) is 22.8. The Balaban J connectivity index is 3.30. The van der Waals surface area contributed by atoms with Crippen LogP contribution in [-0.2, 0) is 19.1 Å². The molecule has 0 aromatic rings. The molecule has 124 valence electrons. The number of carbonyl (C=O) groups is 2. The van der Waals surface area contributed by atoms with E-state index in [1.54, 1.807) is 0 Å². The molecule has 0 aromatic carbocycles. The van der Waals surface area contributed by atoms with E-state index < -0.39 is 0 Å². The smallest absolute Gasteiger partial charge is 0.305 e. The second kappa shape index (κ2) is 15.3. The highest BCUT2D eigenvalue weighted by atomic mass is 16.5. The van der Waals surface area contributed by atoms with Crippen molar-refractivity contribution >= 4 is 11.9 Å². The molecule has 0 unspecified atom stereocenters. The van der Waals surface area contributed by atoms with Gasteiger partial charge in [-0.15, -0.1) is 0 Å². The first-order valence-electron chi connectivity index (χ1n) is 8.52. The van der Waals surface area contributed by atoms with Crippen LogP contribution in [0.2, 0.25) is 0 Å². The molecule has 0 radical (unpaired) electrons. The third-order valence-corrected chi connectivity index (χ3v) is 3.28. The van der Waals surface area contributed by atoms with Crippen LogP contribution in [0.5, 0.6) is 0 Å². The number of hydrogen-bond donors (Lipinski definition) is 0. The molecule has 0 aliphatic heterocycles. The van der Waals surface area contributed by atoms with Gasteiger partial charge in [0.2, 0.25) is 0 Å². The first-order valence-corrected chi connectivity index (χ1v) is 8.52. The van der Waals surface area contributed by atoms with Gasteiger partial charge in [-0.1, -0.05) is 52.4 Å². The third-order valence-electron chi connectivity index (χ3n) is 3.28. The van der Waals surface area contributed by atoms with Crippen LogP contribution >= 0.6 is 0 Å². The number of hydrogen-bond acceptors (Lipinski definition) is 4. The van der Waals surface area contributed by atoms with Crippen LogP contribution in [-0.4, -0.2) is 25.2 Å². The molecule has 0 saturated carbocycles. The first kappa shape index (κ1) is 19.9. The Morgan fingerprint density at radius 2 is 1.05 bits per heavy atom. The summed E-state index contributed by atoms with van der Waals surface area (Å²) < 4.78 is 10.2. The summed E-state index contributed by atoms with van der Waals surface area (Å²) in [5.41, 5.74) is 0. The summed E-state index contributed by atoms with van der Waals surface area (Å²) >= 11 is 0. The van der Waals surface area contributed by atoms with E-state index in [1.807, 2.05) is 0 Å². The number of ether oxygens (including phenoxy) is 2.